The van der Waals surface area contributed by atoms with Gasteiger partial charge < -0.3 is 20.5 Å². The minimum absolute atomic E-state index is 0.0602. The highest BCUT2D eigenvalue weighted by atomic mass is 16.5. The summed E-state index contributed by atoms with van der Waals surface area (Å²) >= 11 is 0. The summed E-state index contributed by atoms with van der Waals surface area (Å²) in [6.45, 7) is 5.28. The molecule has 0 saturated carbocycles. The van der Waals surface area contributed by atoms with Crippen LogP contribution in [0, 0.1) is 11.8 Å². The number of amides is 1. The van der Waals surface area contributed by atoms with Crippen LogP contribution >= 0.6 is 0 Å². The van der Waals surface area contributed by atoms with E-state index in [2.05, 4.69) is 12.2 Å². The number of rotatable bonds is 3. The van der Waals surface area contributed by atoms with Crippen LogP contribution < -0.4 is 11.1 Å². The Balaban J connectivity index is 1.95. The Morgan fingerprint density at radius 2 is 2.06 bits per heavy atom. The normalized spacial score (nSPS) is 31.9. The zero-order valence-electron chi connectivity index (χ0n) is 11.1. The van der Waals surface area contributed by atoms with Crippen molar-refractivity contribution in [2.24, 2.45) is 17.6 Å². The average molecular weight is 256 g/mol. The van der Waals surface area contributed by atoms with Crippen LogP contribution in [0.2, 0.25) is 0 Å². The van der Waals surface area contributed by atoms with Crippen molar-refractivity contribution >= 4 is 5.91 Å². The molecule has 2 fully saturated rings. The van der Waals surface area contributed by atoms with Gasteiger partial charge >= 0.3 is 0 Å². The lowest BCUT2D eigenvalue weighted by Crippen LogP contribution is -2.58. The van der Waals surface area contributed by atoms with Crippen LogP contribution in [0.3, 0.4) is 0 Å². The fourth-order valence-corrected chi connectivity index (χ4v) is 2.77. The van der Waals surface area contributed by atoms with Gasteiger partial charge in [0.15, 0.2) is 0 Å². The molecule has 0 aromatic heterocycles. The average Bonchev–Trinajstić information content (AvgIpc) is 2.40. The Morgan fingerprint density at radius 1 is 1.33 bits per heavy atom. The predicted molar refractivity (Wildman–Crippen MR) is 68.1 cm³/mol. The summed E-state index contributed by atoms with van der Waals surface area (Å²) in [5, 5.41) is 3.18. The molecule has 2 rings (SSSR count). The highest BCUT2D eigenvalue weighted by Gasteiger charge is 2.36. The van der Waals surface area contributed by atoms with Crippen molar-refractivity contribution in [3.8, 4) is 0 Å². The van der Waals surface area contributed by atoms with Gasteiger partial charge in [0.25, 0.3) is 0 Å². The zero-order chi connectivity index (χ0) is 13.0. The summed E-state index contributed by atoms with van der Waals surface area (Å²) in [6, 6.07) is 0. The van der Waals surface area contributed by atoms with E-state index in [1.807, 2.05) is 0 Å². The van der Waals surface area contributed by atoms with E-state index < -0.39 is 0 Å². The Morgan fingerprint density at radius 3 is 2.67 bits per heavy atom. The monoisotopic (exact) mass is 256 g/mol. The molecule has 0 spiro atoms. The van der Waals surface area contributed by atoms with Crippen molar-refractivity contribution in [1.29, 1.82) is 0 Å². The minimum atomic E-state index is -0.257. The summed E-state index contributed by atoms with van der Waals surface area (Å²) in [6.07, 6.45) is 2.43. The van der Waals surface area contributed by atoms with E-state index in [9.17, 15) is 4.79 Å². The third-order valence-corrected chi connectivity index (χ3v) is 4.21. The molecule has 2 aliphatic rings. The van der Waals surface area contributed by atoms with E-state index in [1.54, 1.807) is 0 Å². The van der Waals surface area contributed by atoms with Gasteiger partial charge in [-0.05, 0) is 25.2 Å². The molecule has 2 unspecified atom stereocenters. The molecule has 2 atom stereocenters. The van der Waals surface area contributed by atoms with Crippen LogP contribution in [-0.4, -0.2) is 44.4 Å². The van der Waals surface area contributed by atoms with Gasteiger partial charge in [-0.1, -0.05) is 6.92 Å². The first-order valence-corrected chi connectivity index (χ1v) is 6.84. The molecule has 5 heteroatoms. The summed E-state index contributed by atoms with van der Waals surface area (Å²) in [5.74, 6) is 0.483. The topological polar surface area (TPSA) is 73.6 Å². The van der Waals surface area contributed by atoms with E-state index in [1.165, 1.54) is 0 Å². The van der Waals surface area contributed by atoms with Crippen LogP contribution in [-0.2, 0) is 14.3 Å². The number of nitrogens with one attached hydrogen (secondary N) is 1. The number of nitrogens with two attached hydrogens (primary N) is 1. The van der Waals surface area contributed by atoms with Gasteiger partial charge in [-0.25, -0.2) is 0 Å². The number of carbonyl (C=O) groups excluding carboxylic acids is 1. The maximum absolute atomic E-state index is 12.4. The van der Waals surface area contributed by atoms with Crippen molar-refractivity contribution in [1.82, 2.24) is 5.32 Å². The second-order valence-electron chi connectivity index (χ2n) is 5.53. The molecule has 0 aromatic carbocycles. The SMILES string of the molecule is CC1COCCC1C(=O)NC1(CN)CCOCC1. The first-order chi connectivity index (χ1) is 8.67. The smallest absolute Gasteiger partial charge is 0.224 e. The predicted octanol–water partition coefficient (Wildman–Crippen LogP) is 0.283. The van der Waals surface area contributed by atoms with Crippen LogP contribution in [0.25, 0.3) is 0 Å². The van der Waals surface area contributed by atoms with Crippen LogP contribution in [0.15, 0.2) is 0 Å². The Bertz CT molecular complexity index is 290. The molecule has 2 saturated heterocycles. The largest absolute Gasteiger partial charge is 0.381 e. The van der Waals surface area contributed by atoms with Gasteiger partial charge in [-0.2, -0.15) is 0 Å². The quantitative estimate of drug-likeness (QED) is 0.761. The molecule has 0 aromatic rings. The minimum Gasteiger partial charge on any atom is -0.381 e. The lowest BCUT2D eigenvalue weighted by molar-refractivity contribution is -0.133. The van der Waals surface area contributed by atoms with E-state index >= 15 is 0 Å². The molecule has 0 aliphatic carbocycles. The van der Waals surface area contributed by atoms with E-state index in [0.717, 1.165) is 19.3 Å². The summed E-state index contributed by atoms with van der Waals surface area (Å²) in [7, 11) is 0. The molecular weight excluding hydrogens is 232 g/mol. The number of carbonyl (C=O) groups is 1. The first kappa shape index (κ1) is 13.8. The molecule has 0 radical (unpaired) electrons. The number of ether oxygens (including phenoxy) is 2. The van der Waals surface area contributed by atoms with Crippen molar-refractivity contribution in [2.45, 2.75) is 31.7 Å². The standard InChI is InChI=1S/C13H24N2O3/c1-10-8-18-5-2-11(10)12(16)15-13(9-14)3-6-17-7-4-13/h10-11H,2-9,14H2,1H3,(H,15,16). The molecule has 0 bridgehead atoms. The fraction of sp³-hybridized carbons (Fsp3) is 0.923. The Labute approximate surface area is 108 Å². The maximum atomic E-state index is 12.4. The number of hydrogen-bond donors (Lipinski definition) is 2. The second kappa shape index (κ2) is 5.99. The van der Waals surface area contributed by atoms with Gasteiger partial charge in [0, 0.05) is 38.9 Å². The van der Waals surface area contributed by atoms with Crippen molar-refractivity contribution in [2.75, 3.05) is 33.0 Å². The van der Waals surface area contributed by atoms with Gasteiger partial charge in [-0.15, -0.1) is 0 Å². The van der Waals surface area contributed by atoms with Crippen molar-refractivity contribution in [3.63, 3.8) is 0 Å². The summed E-state index contributed by atoms with van der Waals surface area (Å²) in [4.78, 5) is 12.4. The maximum Gasteiger partial charge on any atom is 0.224 e. The Hall–Kier alpha value is -0.650. The second-order valence-corrected chi connectivity index (χ2v) is 5.53. The van der Waals surface area contributed by atoms with E-state index in [0.29, 0.717) is 33.0 Å². The third-order valence-electron chi connectivity index (χ3n) is 4.21. The lowest BCUT2D eigenvalue weighted by atomic mass is 9.85. The van der Waals surface area contributed by atoms with Gasteiger partial charge in [0.05, 0.1) is 5.54 Å². The molecule has 18 heavy (non-hydrogen) atoms. The molecule has 1 amide bonds. The third kappa shape index (κ3) is 3.02. The van der Waals surface area contributed by atoms with Crippen molar-refractivity contribution in [3.05, 3.63) is 0 Å². The molecule has 104 valence electrons. The molecule has 3 N–H and O–H groups in total. The van der Waals surface area contributed by atoms with E-state index in [-0.39, 0.29) is 23.3 Å². The molecule has 2 aliphatic heterocycles. The van der Waals surface area contributed by atoms with E-state index in [4.69, 9.17) is 15.2 Å². The zero-order valence-corrected chi connectivity index (χ0v) is 11.1. The van der Waals surface area contributed by atoms with Crippen LogP contribution in [0.5, 0.6) is 0 Å². The van der Waals surface area contributed by atoms with Crippen LogP contribution in [0.4, 0.5) is 0 Å². The summed E-state index contributed by atoms with van der Waals surface area (Å²) in [5.41, 5.74) is 5.60. The fourth-order valence-electron chi connectivity index (χ4n) is 2.77. The number of hydrogen-bond acceptors (Lipinski definition) is 4. The summed E-state index contributed by atoms with van der Waals surface area (Å²) < 4.78 is 10.7. The highest BCUT2D eigenvalue weighted by Crippen LogP contribution is 2.25. The van der Waals surface area contributed by atoms with Crippen LogP contribution in [0.1, 0.15) is 26.2 Å². The first-order valence-electron chi connectivity index (χ1n) is 6.84. The van der Waals surface area contributed by atoms with Gasteiger partial charge in [0.2, 0.25) is 5.91 Å². The van der Waals surface area contributed by atoms with Crippen molar-refractivity contribution < 1.29 is 14.3 Å². The molecule has 2 heterocycles. The van der Waals surface area contributed by atoms with Gasteiger partial charge in [0.1, 0.15) is 0 Å². The molecular formula is C13H24N2O3. The molecule has 5 nitrogen and oxygen atoms in total. The van der Waals surface area contributed by atoms with Gasteiger partial charge in [-0.3, -0.25) is 4.79 Å². The highest BCUT2D eigenvalue weighted by molar-refractivity contribution is 5.80. The Kier molecular flexibility index (Phi) is 4.59. The lowest BCUT2D eigenvalue weighted by Gasteiger charge is -2.39.